The predicted molar refractivity (Wildman–Crippen MR) is 74.9 cm³/mol. The molecule has 0 atom stereocenters. The van der Waals surface area contributed by atoms with Crippen LogP contribution in [0.5, 0.6) is 5.75 Å². The van der Waals surface area contributed by atoms with Gasteiger partial charge < -0.3 is 15.4 Å². The maximum Gasteiger partial charge on any atom is 0.123 e. The molecular weight excluding hydrogens is 243 g/mol. The summed E-state index contributed by atoms with van der Waals surface area (Å²) >= 11 is 0. The lowest BCUT2D eigenvalue weighted by Crippen LogP contribution is -2.22. The zero-order valence-corrected chi connectivity index (χ0v) is 11.4. The first-order chi connectivity index (χ1) is 9.29. The Labute approximate surface area is 114 Å². The summed E-state index contributed by atoms with van der Waals surface area (Å²) in [5.74, 6) is 0.543. The van der Waals surface area contributed by atoms with E-state index < -0.39 is 0 Å². The molecule has 1 fully saturated rings. The highest BCUT2D eigenvalue weighted by molar-refractivity contribution is 5.34. The summed E-state index contributed by atoms with van der Waals surface area (Å²) in [5.41, 5.74) is 6.40. The van der Waals surface area contributed by atoms with E-state index in [0.717, 1.165) is 24.3 Å². The van der Waals surface area contributed by atoms with Crippen molar-refractivity contribution in [2.75, 3.05) is 32.8 Å². The van der Waals surface area contributed by atoms with Crippen LogP contribution in [0, 0.1) is 5.82 Å². The van der Waals surface area contributed by atoms with Gasteiger partial charge in [-0.25, -0.2) is 4.39 Å². The van der Waals surface area contributed by atoms with E-state index >= 15 is 0 Å². The first-order valence-electron chi connectivity index (χ1n) is 7.13. The lowest BCUT2D eigenvalue weighted by atomic mass is 10.1. The molecule has 0 unspecified atom stereocenters. The van der Waals surface area contributed by atoms with Gasteiger partial charge in [-0.3, -0.25) is 0 Å². The Kier molecular flexibility index (Phi) is 5.61. The molecule has 1 heterocycles. The number of halogens is 1. The number of nitrogens with two attached hydrogens (primary N) is 1. The zero-order valence-electron chi connectivity index (χ0n) is 11.4. The molecule has 0 amide bonds. The van der Waals surface area contributed by atoms with Gasteiger partial charge >= 0.3 is 0 Å². The molecule has 2 rings (SSSR count). The molecule has 0 aromatic heterocycles. The van der Waals surface area contributed by atoms with Gasteiger partial charge in [0.05, 0.1) is 6.61 Å². The van der Waals surface area contributed by atoms with Crippen molar-refractivity contribution in [2.45, 2.75) is 25.7 Å². The molecule has 1 saturated heterocycles. The number of hydrogen-bond acceptors (Lipinski definition) is 3. The van der Waals surface area contributed by atoms with E-state index in [0.29, 0.717) is 19.6 Å². The second kappa shape index (κ2) is 7.46. The van der Waals surface area contributed by atoms with Gasteiger partial charge in [0, 0.05) is 6.54 Å². The summed E-state index contributed by atoms with van der Waals surface area (Å²) in [7, 11) is 0. The van der Waals surface area contributed by atoms with E-state index in [9.17, 15) is 4.39 Å². The molecule has 1 aromatic rings. The van der Waals surface area contributed by atoms with Crippen LogP contribution in [0.15, 0.2) is 18.2 Å². The highest BCUT2D eigenvalue weighted by Gasteiger charge is 2.10. The fourth-order valence-corrected chi connectivity index (χ4v) is 2.52. The van der Waals surface area contributed by atoms with Gasteiger partial charge in [0.25, 0.3) is 0 Å². The molecule has 3 nitrogen and oxygen atoms in total. The summed E-state index contributed by atoms with van der Waals surface area (Å²) in [6, 6.07) is 4.66. The van der Waals surface area contributed by atoms with Crippen LogP contribution >= 0.6 is 0 Å². The van der Waals surface area contributed by atoms with Gasteiger partial charge in [0.15, 0.2) is 0 Å². The smallest absolute Gasteiger partial charge is 0.123 e. The highest BCUT2D eigenvalue weighted by atomic mass is 19.1. The molecule has 19 heavy (non-hydrogen) atoms. The number of benzene rings is 1. The van der Waals surface area contributed by atoms with Gasteiger partial charge in [0.1, 0.15) is 11.6 Å². The monoisotopic (exact) mass is 266 g/mol. The van der Waals surface area contributed by atoms with Crippen LogP contribution in [-0.4, -0.2) is 37.7 Å². The average Bonchev–Trinajstić information content (AvgIpc) is 2.90. The summed E-state index contributed by atoms with van der Waals surface area (Å²) in [6.07, 6.45) is 4.30. The quantitative estimate of drug-likeness (QED) is 0.769. The normalized spacial score (nSPS) is 15.9. The Balaban J connectivity index is 1.77. The van der Waals surface area contributed by atoms with E-state index in [1.807, 2.05) is 0 Å². The Hall–Kier alpha value is -1.13. The van der Waals surface area contributed by atoms with Crippen molar-refractivity contribution in [1.29, 1.82) is 0 Å². The fraction of sp³-hybridized carbons (Fsp3) is 0.600. The molecule has 0 spiro atoms. The number of rotatable bonds is 7. The van der Waals surface area contributed by atoms with Gasteiger partial charge in [-0.1, -0.05) is 0 Å². The zero-order chi connectivity index (χ0) is 13.5. The van der Waals surface area contributed by atoms with Gasteiger partial charge in [0.2, 0.25) is 0 Å². The van der Waals surface area contributed by atoms with Crippen LogP contribution in [-0.2, 0) is 6.42 Å². The predicted octanol–water partition coefficient (Wildman–Crippen LogP) is 2.19. The largest absolute Gasteiger partial charge is 0.493 e. The topological polar surface area (TPSA) is 38.5 Å². The number of likely N-dealkylation sites (tertiary alicyclic amines) is 1. The molecule has 0 bridgehead atoms. The number of ether oxygens (including phenoxy) is 1. The van der Waals surface area contributed by atoms with Crippen molar-refractivity contribution in [3.05, 3.63) is 29.6 Å². The second-order valence-corrected chi connectivity index (χ2v) is 5.04. The molecule has 1 aliphatic heterocycles. The van der Waals surface area contributed by atoms with E-state index in [1.54, 1.807) is 6.07 Å². The van der Waals surface area contributed by atoms with Crippen LogP contribution in [0.25, 0.3) is 0 Å². The second-order valence-electron chi connectivity index (χ2n) is 5.04. The first kappa shape index (κ1) is 14.3. The Morgan fingerprint density at radius 1 is 1.26 bits per heavy atom. The van der Waals surface area contributed by atoms with Crippen molar-refractivity contribution in [3.63, 3.8) is 0 Å². The molecule has 2 N–H and O–H groups in total. The lowest BCUT2D eigenvalue weighted by molar-refractivity contribution is 0.261. The van der Waals surface area contributed by atoms with E-state index in [1.165, 1.54) is 38.1 Å². The van der Waals surface area contributed by atoms with Crippen molar-refractivity contribution >= 4 is 0 Å². The first-order valence-corrected chi connectivity index (χ1v) is 7.13. The summed E-state index contributed by atoms with van der Waals surface area (Å²) < 4.78 is 18.9. The Morgan fingerprint density at radius 2 is 2.05 bits per heavy atom. The third kappa shape index (κ3) is 4.48. The van der Waals surface area contributed by atoms with Crippen LogP contribution in [0.4, 0.5) is 4.39 Å². The molecular formula is C15H23FN2O. The third-order valence-corrected chi connectivity index (χ3v) is 3.51. The molecule has 0 saturated carbocycles. The average molecular weight is 266 g/mol. The van der Waals surface area contributed by atoms with Gasteiger partial charge in [-0.15, -0.1) is 0 Å². The van der Waals surface area contributed by atoms with E-state index in [4.69, 9.17) is 10.5 Å². The third-order valence-electron chi connectivity index (χ3n) is 3.51. The summed E-state index contributed by atoms with van der Waals surface area (Å²) in [5, 5.41) is 0. The molecule has 0 radical (unpaired) electrons. The lowest BCUT2D eigenvalue weighted by Gasteiger charge is -2.15. The minimum absolute atomic E-state index is 0.229. The van der Waals surface area contributed by atoms with Crippen LogP contribution in [0.2, 0.25) is 0 Å². The van der Waals surface area contributed by atoms with E-state index in [2.05, 4.69) is 4.90 Å². The minimum atomic E-state index is -0.229. The highest BCUT2D eigenvalue weighted by Crippen LogP contribution is 2.20. The molecule has 1 aromatic carbocycles. The minimum Gasteiger partial charge on any atom is -0.493 e. The molecule has 4 heteroatoms. The van der Waals surface area contributed by atoms with Crippen LogP contribution in [0.3, 0.4) is 0 Å². The fourth-order valence-electron chi connectivity index (χ4n) is 2.52. The van der Waals surface area contributed by atoms with E-state index in [-0.39, 0.29) is 5.82 Å². The Morgan fingerprint density at radius 3 is 2.79 bits per heavy atom. The maximum absolute atomic E-state index is 13.2. The molecule has 106 valence electrons. The van der Waals surface area contributed by atoms with Crippen molar-refractivity contribution in [1.82, 2.24) is 4.90 Å². The van der Waals surface area contributed by atoms with Crippen molar-refractivity contribution in [3.8, 4) is 5.75 Å². The number of nitrogens with zero attached hydrogens (tertiary/aromatic N) is 1. The SMILES string of the molecule is NCCc1cc(F)ccc1OCCCN1CCCC1. The van der Waals surface area contributed by atoms with Gasteiger partial charge in [-0.2, -0.15) is 0 Å². The standard InChI is InChI=1S/C15H23FN2O/c16-14-4-5-15(13(12-14)6-7-17)19-11-3-10-18-8-1-2-9-18/h4-5,12H,1-3,6-11,17H2. The molecule has 1 aliphatic rings. The Bertz CT molecular complexity index is 392. The van der Waals surface area contributed by atoms with Gasteiger partial charge in [-0.05, 0) is 69.1 Å². The maximum atomic E-state index is 13.2. The van der Waals surface area contributed by atoms with Crippen LogP contribution in [0.1, 0.15) is 24.8 Å². The van der Waals surface area contributed by atoms with Crippen LogP contribution < -0.4 is 10.5 Å². The van der Waals surface area contributed by atoms with Crippen molar-refractivity contribution in [2.24, 2.45) is 5.73 Å². The number of hydrogen-bond donors (Lipinski definition) is 1. The summed E-state index contributed by atoms with van der Waals surface area (Å²) in [4.78, 5) is 2.47. The molecule has 0 aliphatic carbocycles. The van der Waals surface area contributed by atoms with Crippen molar-refractivity contribution < 1.29 is 9.13 Å². The summed E-state index contributed by atoms with van der Waals surface area (Å²) in [6.45, 7) is 4.71.